The van der Waals surface area contributed by atoms with Gasteiger partial charge in [0.1, 0.15) is 17.0 Å². The summed E-state index contributed by atoms with van der Waals surface area (Å²) in [6.45, 7) is 0.0754. The first-order valence-corrected chi connectivity index (χ1v) is 7.04. The zero-order valence-corrected chi connectivity index (χ0v) is 11.6. The lowest BCUT2D eigenvalue weighted by atomic mass is 10.2. The molecular formula is C14H14FN5O2. The maximum Gasteiger partial charge on any atom is 0.223 e. The molecule has 0 bridgehead atoms. The minimum absolute atomic E-state index is 0.0141. The summed E-state index contributed by atoms with van der Waals surface area (Å²) in [6.07, 6.45) is 3.76. The molecule has 3 aromatic heterocycles. The summed E-state index contributed by atoms with van der Waals surface area (Å²) < 4.78 is 17.3. The van der Waals surface area contributed by atoms with E-state index in [-0.39, 0.29) is 17.9 Å². The second kappa shape index (κ2) is 4.85. The van der Waals surface area contributed by atoms with Gasteiger partial charge in [0, 0.05) is 6.20 Å². The molecule has 0 aliphatic heterocycles. The Bertz CT molecular complexity index is 837. The first kappa shape index (κ1) is 13.4. The fraction of sp³-hybridized carbons (Fsp3) is 0.357. The van der Waals surface area contributed by atoms with Gasteiger partial charge in [-0.15, -0.1) is 5.10 Å². The lowest BCUT2D eigenvalue weighted by molar-refractivity contribution is -0.0459. The molecule has 0 aromatic carbocycles. The molecular weight excluding hydrogens is 289 g/mol. The minimum Gasteiger partial charge on any atom is -0.363 e. The van der Waals surface area contributed by atoms with Crippen molar-refractivity contribution in [1.29, 1.82) is 0 Å². The van der Waals surface area contributed by atoms with Gasteiger partial charge in [0.2, 0.25) is 5.95 Å². The van der Waals surface area contributed by atoms with E-state index in [0.29, 0.717) is 11.6 Å². The molecule has 1 aliphatic carbocycles. The number of halogens is 1. The number of imidazole rings is 1. The van der Waals surface area contributed by atoms with E-state index in [2.05, 4.69) is 15.3 Å². The van der Waals surface area contributed by atoms with Gasteiger partial charge in [-0.05, 0) is 30.4 Å². The van der Waals surface area contributed by atoms with Crippen molar-refractivity contribution in [2.75, 3.05) is 0 Å². The zero-order valence-electron chi connectivity index (χ0n) is 11.6. The van der Waals surface area contributed by atoms with Gasteiger partial charge in [0.05, 0.1) is 12.7 Å². The predicted octanol–water partition coefficient (Wildman–Crippen LogP) is 0.974. The Morgan fingerprint density at radius 2 is 2.09 bits per heavy atom. The smallest absolute Gasteiger partial charge is 0.223 e. The molecule has 4 rings (SSSR count). The highest BCUT2D eigenvalue weighted by Crippen LogP contribution is 2.40. The molecule has 0 amide bonds. The van der Waals surface area contributed by atoms with Crippen LogP contribution in [0.15, 0.2) is 24.5 Å². The predicted molar refractivity (Wildman–Crippen MR) is 73.4 cm³/mol. The lowest BCUT2D eigenvalue weighted by Crippen LogP contribution is -2.03. The van der Waals surface area contributed by atoms with Crippen LogP contribution in [0.3, 0.4) is 0 Å². The molecule has 0 saturated heterocycles. The van der Waals surface area contributed by atoms with Crippen LogP contribution in [0.25, 0.3) is 5.65 Å². The van der Waals surface area contributed by atoms with Gasteiger partial charge in [-0.2, -0.15) is 4.39 Å². The Labute approximate surface area is 124 Å². The third-order valence-corrected chi connectivity index (χ3v) is 3.83. The fourth-order valence-corrected chi connectivity index (χ4v) is 2.50. The normalized spacial score (nSPS) is 15.1. The van der Waals surface area contributed by atoms with Crippen LogP contribution in [-0.4, -0.2) is 34.6 Å². The summed E-state index contributed by atoms with van der Waals surface area (Å²) in [7, 11) is 0. The average Bonchev–Trinajstić information content (AvgIpc) is 3.17. The van der Waals surface area contributed by atoms with Gasteiger partial charge in [-0.25, -0.2) is 9.67 Å². The minimum atomic E-state index is -1.69. The average molecular weight is 303 g/mol. The first-order valence-electron chi connectivity index (χ1n) is 7.04. The molecule has 0 unspecified atom stereocenters. The number of hydrogen-bond donors (Lipinski definition) is 2. The summed E-state index contributed by atoms with van der Waals surface area (Å²) in [5, 5.41) is 25.3. The van der Waals surface area contributed by atoms with Crippen molar-refractivity contribution in [3.63, 3.8) is 0 Å². The van der Waals surface area contributed by atoms with Crippen molar-refractivity contribution in [1.82, 2.24) is 24.4 Å². The SMILES string of the molecule is OC(O)c1cn(Cc2nc3ccc(C4CC4)cn3c2F)nn1. The van der Waals surface area contributed by atoms with Crippen molar-refractivity contribution in [2.24, 2.45) is 0 Å². The number of hydrogen-bond acceptors (Lipinski definition) is 5. The number of aromatic nitrogens is 5. The van der Waals surface area contributed by atoms with Crippen molar-refractivity contribution in [3.8, 4) is 0 Å². The number of fused-ring (bicyclic) bond motifs is 1. The molecule has 1 saturated carbocycles. The van der Waals surface area contributed by atoms with Gasteiger partial charge >= 0.3 is 0 Å². The maximum atomic E-state index is 14.5. The van der Waals surface area contributed by atoms with Crippen LogP contribution in [-0.2, 0) is 6.54 Å². The van der Waals surface area contributed by atoms with E-state index in [1.807, 2.05) is 12.1 Å². The number of nitrogens with zero attached hydrogens (tertiary/aromatic N) is 5. The second-order valence-electron chi connectivity index (χ2n) is 5.53. The molecule has 8 heteroatoms. The standard InChI is InChI=1S/C14H14FN5O2/c15-13-10(6-19-7-11(14(21)22)17-18-19)16-12-4-3-9(5-20(12)13)8-1-2-8/h3-5,7-8,14,21-22H,1-2,6H2. The molecule has 3 heterocycles. The van der Waals surface area contributed by atoms with E-state index in [4.69, 9.17) is 10.2 Å². The summed E-state index contributed by atoms with van der Waals surface area (Å²) >= 11 is 0. The monoisotopic (exact) mass is 303 g/mol. The Balaban J connectivity index is 1.67. The topological polar surface area (TPSA) is 88.5 Å². The van der Waals surface area contributed by atoms with E-state index in [9.17, 15) is 4.39 Å². The second-order valence-corrected chi connectivity index (χ2v) is 5.53. The number of aliphatic hydroxyl groups is 2. The van der Waals surface area contributed by atoms with Crippen LogP contribution in [0.1, 0.15) is 42.0 Å². The first-order chi connectivity index (χ1) is 10.6. The third-order valence-electron chi connectivity index (χ3n) is 3.83. The molecule has 1 fully saturated rings. The molecule has 1 aliphatic rings. The molecule has 0 atom stereocenters. The fourth-order valence-electron chi connectivity index (χ4n) is 2.50. The van der Waals surface area contributed by atoms with Gasteiger partial charge in [-0.3, -0.25) is 4.40 Å². The molecule has 114 valence electrons. The Hall–Kier alpha value is -2.32. The van der Waals surface area contributed by atoms with E-state index in [1.165, 1.54) is 15.3 Å². The highest BCUT2D eigenvalue weighted by molar-refractivity contribution is 5.43. The lowest BCUT2D eigenvalue weighted by Gasteiger charge is -2.00. The van der Waals surface area contributed by atoms with E-state index >= 15 is 0 Å². The molecule has 3 aromatic rings. The summed E-state index contributed by atoms with van der Waals surface area (Å²) in [6, 6.07) is 3.80. The van der Waals surface area contributed by atoms with Gasteiger partial charge < -0.3 is 10.2 Å². The van der Waals surface area contributed by atoms with Crippen LogP contribution in [0.5, 0.6) is 0 Å². The van der Waals surface area contributed by atoms with Crippen LogP contribution < -0.4 is 0 Å². The van der Waals surface area contributed by atoms with E-state index in [0.717, 1.165) is 18.4 Å². The van der Waals surface area contributed by atoms with Crippen molar-refractivity contribution in [3.05, 3.63) is 47.4 Å². The highest BCUT2D eigenvalue weighted by atomic mass is 19.1. The number of pyridine rings is 1. The molecule has 0 spiro atoms. The van der Waals surface area contributed by atoms with Gasteiger partial charge in [0.15, 0.2) is 6.29 Å². The maximum absolute atomic E-state index is 14.5. The largest absolute Gasteiger partial charge is 0.363 e. The van der Waals surface area contributed by atoms with Crippen molar-refractivity contribution < 1.29 is 14.6 Å². The van der Waals surface area contributed by atoms with Crippen LogP contribution in [0, 0.1) is 5.95 Å². The van der Waals surface area contributed by atoms with Crippen molar-refractivity contribution >= 4 is 5.65 Å². The zero-order chi connectivity index (χ0) is 15.3. The molecule has 0 radical (unpaired) electrons. The summed E-state index contributed by atoms with van der Waals surface area (Å²) in [5.41, 5.74) is 1.92. The molecule has 7 nitrogen and oxygen atoms in total. The highest BCUT2D eigenvalue weighted by Gasteiger charge is 2.24. The number of aliphatic hydroxyl groups excluding tert-OH is 1. The van der Waals surface area contributed by atoms with Crippen LogP contribution in [0.2, 0.25) is 0 Å². The number of rotatable bonds is 4. The third kappa shape index (κ3) is 2.26. The summed E-state index contributed by atoms with van der Waals surface area (Å²) in [4.78, 5) is 4.26. The van der Waals surface area contributed by atoms with E-state index < -0.39 is 12.2 Å². The molecule has 22 heavy (non-hydrogen) atoms. The Morgan fingerprint density at radius 1 is 1.27 bits per heavy atom. The molecule has 2 N–H and O–H groups in total. The quantitative estimate of drug-likeness (QED) is 0.701. The summed E-state index contributed by atoms with van der Waals surface area (Å²) in [5.74, 6) is 0.109. The van der Waals surface area contributed by atoms with Gasteiger partial charge in [-0.1, -0.05) is 11.3 Å². The van der Waals surface area contributed by atoms with E-state index in [1.54, 1.807) is 6.20 Å². The van der Waals surface area contributed by atoms with Crippen molar-refractivity contribution in [2.45, 2.75) is 31.6 Å². The van der Waals surface area contributed by atoms with Crippen LogP contribution in [0.4, 0.5) is 4.39 Å². The Morgan fingerprint density at radius 3 is 2.77 bits per heavy atom. The van der Waals surface area contributed by atoms with Crippen LogP contribution >= 0.6 is 0 Å². The Kier molecular flexibility index (Phi) is 2.95. The van der Waals surface area contributed by atoms with Gasteiger partial charge in [0.25, 0.3) is 0 Å².